The summed E-state index contributed by atoms with van der Waals surface area (Å²) in [5.74, 6) is 1.84. The normalized spacial score (nSPS) is 14.2. The third-order valence-corrected chi connectivity index (χ3v) is 13.5. The summed E-state index contributed by atoms with van der Waals surface area (Å²) in [6.45, 7) is 23.5. The van der Waals surface area contributed by atoms with Crippen LogP contribution in [-0.2, 0) is 40.2 Å². The first kappa shape index (κ1) is 50.1. The van der Waals surface area contributed by atoms with E-state index in [1.807, 2.05) is 37.5 Å². The SMILES string of the molecule is Cc1ncc(N2[CH-]N(c3c(B4OB(C(C)(C)C)OB(C(C)(C)C)O4)cccc3-c3ccccc3)c3ccccc32)[c-]c1Oc1[c-]c2c(cc1)c1cc(-c3ccccc3)ccc1n2-c1cc(C(C)(C)C)ccn1.[Pt]. The van der Waals surface area contributed by atoms with Gasteiger partial charge in [-0.3, -0.25) is 0 Å². The first-order valence-corrected chi connectivity index (χ1v) is 24.8. The van der Waals surface area contributed by atoms with Crippen LogP contribution < -0.4 is 20.0 Å². The molecule has 368 valence electrons. The Labute approximate surface area is 445 Å². The summed E-state index contributed by atoms with van der Waals surface area (Å²) >= 11 is 0. The largest absolute Gasteiger partial charge is 0.507 e. The molecule has 13 heteroatoms. The van der Waals surface area contributed by atoms with E-state index in [2.05, 4.69) is 223 Å². The van der Waals surface area contributed by atoms with Crippen molar-refractivity contribution in [1.82, 2.24) is 14.5 Å². The molecule has 0 saturated carbocycles. The van der Waals surface area contributed by atoms with E-state index in [9.17, 15) is 0 Å². The molecule has 1 saturated heterocycles. The van der Waals surface area contributed by atoms with Gasteiger partial charge in [-0.25, -0.2) is 4.98 Å². The summed E-state index contributed by atoms with van der Waals surface area (Å²) in [6.07, 6.45) is 3.74. The van der Waals surface area contributed by atoms with Crippen molar-refractivity contribution in [2.24, 2.45) is 0 Å². The molecule has 2 aliphatic heterocycles. The molecule has 0 bridgehead atoms. The van der Waals surface area contributed by atoms with Crippen molar-refractivity contribution in [1.29, 1.82) is 0 Å². The molecule has 9 aromatic rings. The summed E-state index contributed by atoms with van der Waals surface area (Å²) in [5.41, 5.74) is 12.5. The molecule has 1 fully saturated rings. The van der Waals surface area contributed by atoms with E-state index in [4.69, 9.17) is 28.4 Å². The van der Waals surface area contributed by atoms with Gasteiger partial charge in [-0.15, -0.1) is 30.3 Å². The van der Waals surface area contributed by atoms with Gasteiger partial charge in [0, 0.05) is 72.4 Å². The van der Waals surface area contributed by atoms with Crippen molar-refractivity contribution >= 4 is 71.4 Å². The van der Waals surface area contributed by atoms with E-state index >= 15 is 0 Å². The first-order chi connectivity index (χ1) is 34.5. The molecular weight excluding hydrogens is 1080 g/mol. The molecule has 5 heterocycles. The maximum atomic E-state index is 6.82. The Morgan fingerprint density at radius 1 is 0.603 bits per heavy atom. The van der Waals surface area contributed by atoms with Gasteiger partial charge in [0.1, 0.15) is 5.82 Å². The van der Waals surface area contributed by atoms with Crippen LogP contribution in [0.1, 0.15) is 73.6 Å². The Hall–Kier alpha value is -6.42. The van der Waals surface area contributed by atoms with Crippen molar-refractivity contribution in [3.8, 4) is 39.6 Å². The van der Waals surface area contributed by atoms with E-state index in [1.165, 1.54) is 5.56 Å². The van der Waals surface area contributed by atoms with Gasteiger partial charge < -0.3 is 37.8 Å². The van der Waals surface area contributed by atoms with Gasteiger partial charge in [0.2, 0.25) is 0 Å². The number of nitrogens with zero attached hydrogens (tertiary/aromatic N) is 5. The minimum Gasteiger partial charge on any atom is -0.507 e. The minimum absolute atomic E-state index is 0. The average Bonchev–Trinajstić information content (AvgIpc) is 3.92. The second-order valence-corrected chi connectivity index (χ2v) is 22.0. The summed E-state index contributed by atoms with van der Waals surface area (Å²) in [7, 11) is -1.77. The zero-order chi connectivity index (χ0) is 50.1. The van der Waals surface area contributed by atoms with E-state index < -0.39 is 21.4 Å². The number of ether oxygens (including phenoxy) is 1. The van der Waals surface area contributed by atoms with Gasteiger partial charge in [0.15, 0.2) is 0 Å². The third kappa shape index (κ3) is 9.67. The van der Waals surface area contributed by atoms with Crippen LogP contribution in [0, 0.1) is 25.7 Å². The molecule has 6 aromatic carbocycles. The summed E-state index contributed by atoms with van der Waals surface area (Å²) in [6, 6.07) is 58.0. The summed E-state index contributed by atoms with van der Waals surface area (Å²) < 4.78 is 29.2. The van der Waals surface area contributed by atoms with Crippen LogP contribution in [0.2, 0.25) is 10.6 Å². The summed E-state index contributed by atoms with van der Waals surface area (Å²) in [4.78, 5) is 14.2. The molecule has 9 nitrogen and oxygen atoms in total. The number of para-hydroxylation sites is 3. The van der Waals surface area contributed by atoms with Crippen molar-refractivity contribution < 1.29 is 39.5 Å². The number of benzene rings is 6. The Morgan fingerprint density at radius 3 is 1.93 bits per heavy atom. The van der Waals surface area contributed by atoms with Gasteiger partial charge in [0.25, 0.3) is 0 Å². The van der Waals surface area contributed by atoms with Gasteiger partial charge in [-0.1, -0.05) is 190 Å². The van der Waals surface area contributed by atoms with E-state index in [1.54, 1.807) is 0 Å². The number of fused-ring (bicyclic) bond motifs is 4. The standard InChI is InChI=1S/C60H57B3N5O4.Pt/c1-40-55(69-46-29-30-48-49-34-43(41-20-13-11-14-21-41)28-31-51(49)68(54(48)37-46)56-35-44(32-33-64-56)58(2,3)4)36-45(38-65-40)66-39-67(53-27-18-17-26-52(53)66)57-47(42-22-15-12-16-23-42)24-19-25-50(57)61-70-62(59(5,6)7)72-63(71-61)60(8,9)10;/h11-35,38-39H,1-10H3;/q-3;. The van der Waals surface area contributed by atoms with Crippen molar-refractivity contribution in [2.75, 3.05) is 9.80 Å². The Kier molecular flexibility index (Phi) is 13.4. The van der Waals surface area contributed by atoms with Gasteiger partial charge in [-0.2, -0.15) is 6.07 Å². The van der Waals surface area contributed by atoms with E-state index in [0.29, 0.717) is 22.9 Å². The van der Waals surface area contributed by atoms with Crippen LogP contribution in [0.15, 0.2) is 158 Å². The second-order valence-electron chi connectivity index (χ2n) is 22.0. The Bertz CT molecular complexity index is 3460. The molecule has 0 unspecified atom stereocenters. The monoisotopic (exact) mass is 1140 g/mol. The molecule has 0 N–H and O–H groups in total. The van der Waals surface area contributed by atoms with Gasteiger partial charge in [-0.05, 0) is 79.7 Å². The van der Waals surface area contributed by atoms with Crippen LogP contribution in [0.25, 0.3) is 49.9 Å². The number of rotatable bonds is 8. The van der Waals surface area contributed by atoms with Crippen LogP contribution >= 0.6 is 0 Å². The fraction of sp³-hybridized carbons (Fsp3) is 0.217. The van der Waals surface area contributed by atoms with E-state index in [0.717, 1.165) is 72.4 Å². The maximum absolute atomic E-state index is 6.82. The van der Waals surface area contributed by atoms with Crippen LogP contribution in [0.3, 0.4) is 0 Å². The molecule has 2 aliphatic rings. The van der Waals surface area contributed by atoms with E-state index in [-0.39, 0.29) is 37.1 Å². The fourth-order valence-corrected chi connectivity index (χ4v) is 9.58. The molecule has 3 aromatic heterocycles. The Morgan fingerprint density at radius 2 is 1.26 bits per heavy atom. The molecular formula is C60H57B3N5O4Pt-3. The average molecular weight is 1140 g/mol. The second kappa shape index (κ2) is 19.5. The topological polar surface area (TPSA) is 74.1 Å². The summed E-state index contributed by atoms with van der Waals surface area (Å²) in [5, 5.41) is 1.52. The quantitative estimate of drug-likeness (QED) is 0.110. The van der Waals surface area contributed by atoms with Crippen LogP contribution in [0.5, 0.6) is 11.5 Å². The number of hydrogen-bond donors (Lipinski definition) is 0. The molecule has 0 radical (unpaired) electrons. The Balaban J connectivity index is 0.00000611. The van der Waals surface area contributed by atoms with Gasteiger partial charge >= 0.3 is 21.4 Å². The zero-order valence-corrected chi connectivity index (χ0v) is 45.3. The predicted molar refractivity (Wildman–Crippen MR) is 296 cm³/mol. The predicted octanol–water partition coefficient (Wildman–Crippen LogP) is 14.6. The zero-order valence-electron chi connectivity index (χ0n) is 43.0. The maximum Gasteiger partial charge on any atom is 0.468 e. The molecule has 0 aliphatic carbocycles. The fourth-order valence-electron chi connectivity index (χ4n) is 9.58. The van der Waals surface area contributed by atoms with Crippen molar-refractivity contribution in [3.63, 3.8) is 0 Å². The number of anilines is 4. The third-order valence-electron chi connectivity index (χ3n) is 13.5. The molecule has 73 heavy (non-hydrogen) atoms. The molecule has 0 amide bonds. The van der Waals surface area contributed by atoms with Crippen LogP contribution in [0.4, 0.5) is 22.7 Å². The number of aromatic nitrogens is 3. The van der Waals surface area contributed by atoms with Crippen molar-refractivity contribution in [3.05, 3.63) is 188 Å². The molecule has 11 rings (SSSR count). The smallest absolute Gasteiger partial charge is 0.468 e. The number of pyridine rings is 2. The molecule has 0 spiro atoms. The minimum atomic E-state index is -0.732. The first-order valence-electron chi connectivity index (χ1n) is 24.8. The molecule has 0 atom stereocenters. The number of hydrogen-bond acceptors (Lipinski definition) is 8. The van der Waals surface area contributed by atoms with Gasteiger partial charge in [0.05, 0.1) is 0 Å². The van der Waals surface area contributed by atoms with Crippen LogP contribution in [-0.4, -0.2) is 35.9 Å². The van der Waals surface area contributed by atoms with Crippen molar-refractivity contribution in [2.45, 2.75) is 85.3 Å². The number of aryl methyl sites for hydroxylation is 1.